The molecule has 0 unspecified atom stereocenters. The van der Waals surface area contributed by atoms with Gasteiger partial charge in [-0.2, -0.15) is 0 Å². The van der Waals surface area contributed by atoms with Gasteiger partial charge in [0.05, 0.1) is 6.10 Å². The molecular formula is C20H21NO4. The third-order valence-electron chi connectivity index (χ3n) is 4.10. The summed E-state index contributed by atoms with van der Waals surface area (Å²) in [5, 5.41) is 2.80. The summed E-state index contributed by atoms with van der Waals surface area (Å²) in [6.45, 7) is 2.83. The Kier molecular flexibility index (Phi) is 5.46. The number of Topliss-reactive ketones (excluding diaryl/α,β-unsaturated/α-hetero) is 1. The Hall–Kier alpha value is -2.66. The summed E-state index contributed by atoms with van der Waals surface area (Å²) in [4.78, 5) is 23.7. The third kappa shape index (κ3) is 4.67. The van der Waals surface area contributed by atoms with Gasteiger partial charge >= 0.3 is 0 Å². The molecule has 1 heterocycles. The van der Waals surface area contributed by atoms with Crippen LogP contribution < -0.4 is 10.1 Å². The number of hydrogen-bond donors (Lipinski definition) is 1. The minimum Gasteiger partial charge on any atom is -0.491 e. The van der Waals surface area contributed by atoms with Crippen LogP contribution in [0.4, 0.5) is 5.69 Å². The van der Waals surface area contributed by atoms with Crippen molar-refractivity contribution < 1.29 is 19.1 Å². The highest BCUT2D eigenvalue weighted by atomic mass is 16.5. The first kappa shape index (κ1) is 17.2. The Labute approximate surface area is 147 Å². The van der Waals surface area contributed by atoms with Crippen molar-refractivity contribution in [2.75, 3.05) is 18.5 Å². The molecule has 1 amide bonds. The summed E-state index contributed by atoms with van der Waals surface area (Å²) in [6.07, 6.45) is 2.27. The van der Waals surface area contributed by atoms with E-state index in [4.69, 9.17) is 9.47 Å². The lowest BCUT2D eigenvalue weighted by atomic mass is 10.1. The van der Waals surface area contributed by atoms with Crippen molar-refractivity contribution in [1.29, 1.82) is 0 Å². The predicted octanol–water partition coefficient (Wildman–Crippen LogP) is 3.70. The molecule has 0 bridgehead atoms. The molecule has 1 fully saturated rings. The summed E-state index contributed by atoms with van der Waals surface area (Å²) in [7, 11) is 0. The summed E-state index contributed by atoms with van der Waals surface area (Å²) in [5.74, 6) is 0.445. The zero-order valence-electron chi connectivity index (χ0n) is 14.2. The Bertz CT molecular complexity index is 749. The van der Waals surface area contributed by atoms with Gasteiger partial charge < -0.3 is 14.8 Å². The molecule has 2 aromatic carbocycles. The van der Waals surface area contributed by atoms with E-state index < -0.39 is 0 Å². The number of benzene rings is 2. The van der Waals surface area contributed by atoms with Crippen LogP contribution in [0.2, 0.25) is 0 Å². The minimum atomic E-state index is -0.230. The monoisotopic (exact) mass is 339 g/mol. The average molecular weight is 339 g/mol. The number of carbonyl (C=O) groups excluding carboxylic acids is 2. The molecule has 0 spiro atoms. The lowest BCUT2D eigenvalue weighted by molar-refractivity contribution is 0.0679. The van der Waals surface area contributed by atoms with Gasteiger partial charge in [-0.25, -0.2) is 0 Å². The van der Waals surface area contributed by atoms with Crippen LogP contribution in [0.5, 0.6) is 5.75 Å². The topological polar surface area (TPSA) is 64.6 Å². The molecule has 1 aliphatic rings. The van der Waals surface area contributed by atoms with Crippen LogP contribution in [0.25, 0.3) is 0 Å². The van der Waals surface area contributed by atoms with Crippen molar-refractivity contribution in [3.63, 3.8) is 0 Å². The second kappa shape index (κ2) is 7.94. The summed E-state index contributed by atoms with van der Waals surface area (Å²) >= 11 is 0. The van der Waals surface area contributed by atoms with E-state index in [1.807, 2.05) is 0 Å². The second-order valence-corrected chi connectivity index (χ2v) is 6.06. The largest absolute Gasteiger partial charge is 0.491 e. The molecular weight excluding hydrogens is 318 g/mol. The first-order valence-electron chi connectivity index (χ1n) is 8.38. The summed E-state index contributed by atoms with van der Waals surface area (Å²) < 4.78 is 11.2. The lowest BCUT2D eigenvalue weighted by Crippen LogP contribution is -2.16. The van der Waals surface area contributed by atoms with E-state index in [1.165, 1.54) is 6.92 Å². The van der Waals surface area contributed by atoms with Crippen molar-refractivity contribution in [2.24, 2.45) is 0 Å². The number of anilines is 1. The Morgan fingerprint density at radius 2 is 1.96 bits per heavy atom. The van der Waals surface area contributed by atoms with Crippen molar-refractivity contribution in [3.05, 3.63) is 59.7 Å². The lowest BCUT2D eigenvalue weighted by Gasteiger charge is -2.12. The van der Waals surface area contributed by atoms with Gasteiger partial charge in [0.15, 0.2) is 5.78 Å². The van der Waals surface area contributed by atoms with E-state index in [0.717, 1.165) is 19.4 Å². The van der Waals surface area contributed by atoms with Gasteiger partial charge in [0.1, 0.15) is 12.4 Å². The fourth-order valence-corrected chi connectivity index (χ4v) is 2.69. The van der Waals surface area contributed by atoms with Crippen LogP contribution in [0.3, 0.4) is 0 Å². The van der Waals surface area contributed by atoms with Crippen molar-refractivity contribution in [1.82, 2.24) is 0 Å². The molecule has 0 saturated carbocycles. The second-order valence-electron chi connectivity index (χ2n) is 6.06. The quantitative estimate of drug-likeness (QED) is 0.815. The standard InChI is InChI=1S/C20H21NO4/c1-14(22)16-4-2-5-17(12-16)21-20(23)15-7-9-18(10-8-15)25-13-19-6-3-11-24-19/h2,4-5,7-10,12,19H,3,6,11,13H2,1H3,(H,21,23)/t19-/m1/s1. The van der Waals surface area contributed by atoms with Gasteiger partial charge in [-0.1, -0.05) is 12.1 Å². The van der Waals surface area contributed by atoms with E-state index in [9.17, 15) is 9.59 Å². The molecule has 0 aromatic heterocycles. The zero-order chi connectivity index (χ0) is 17.6. The molecule has 130 valence electrons. The summed E-state index contributed by atoms with van der Waals surface area (Å²) in [6, 6.07) is 13.9. The van der Waals surface area contributed by atoms with Gasteiger partial charge in [0, 0.05) is 23.4 Å². The molecule has 25 heavy (non-hydrogen) atoms. The fourth-order valence-electron chi connectivity index (χ4n) is 2.69. The first-order chi connectivity index (χ1) is 12.1. The molecule has 1 N–H and O–H groups in total. The van der Waals surface area contributed by atoms with E-state index >= 15 is 0 Å². The zero-order valence-corrected chi connectivity index (χ0v) is 14.2. The maximum Gasteiger partial charge on any atom is 0.255 e. The number of nitrogens with one attached hydrogen (secondary N) is 1. The van der Waals surface area contributed by atoms with Crippen molar-refractivity contribution in [3.8, 4) is 5.75 Å². The van der Waals surface area contributed by atoms with Gasteiger partial charge in [0.25, 0.3) is 5.91 Å². The van der Waals surface area contributed by atoms with E-state index in [0.29, 0.717) is 29.2 Å². The van der Waals surface area contributed by atoms with Crippen LogP contribution in [0.15, 0.2) is 48.5 Å². The Morgan fingerprint density at radius 1 is 1.16 bits per heavy atom. The highest BCUT2D eigenvalue weighted by Gasteiger charge is 2.16. The molecule has 5 nitrogen and oxygen atoms in total. The first-order valence-corrected chi connectivity index (χ1v) is 8.38. The van der Waals surface area contributed by atoms with E-state index in [-0.39, 0.29) is 17.8 Å². The van der Waals surface area contributed by atoms with Crippen molar-refractivity contribution in [2.45, 2.75) is 25.9 Å². The molecule has 2 aromatic rings. The van der Waals surface area contributed by atoms with Gasteiger partial charge in [-0.05, 0) is 56.2 Å². The molecule has 3 rings (SSSR count). The Morgan fingerprint density at radius 3 is 2.64 bits per heavy atom. The van der Waals surface area contributed by atoms with Gasteiger partial charge in [-0.3, -0.25) is 9.59 Å². The van der Waals surface area contributed by atoms with E-state index in [1.54, 1.807) is 48.5 Å². The van der Waals surface area contributed by atoms with Crippen LogP contribution in [0.1, 0.15) is 40.5 Å². The predicted molar refractivity (Wildman–Crippen MR) is 95.3 cm³/mol. The molecule has 1 saturated heterocycles. The smallest absolute Gasteiger partial charge is 0.255 e. The number of carbonyl (C=O) groups is 2. The SMILES string of the molecule is CC(=O)c1cccc(NC(=O)c2ccc(OC[C@H]3CCCO3)cc2)c1. The highest BCUT2D eigenvalue weighted by Crippen LogP contribution is 2.18. The fraction of sp³-hybridized carbons (Fsp3) is 0.300. The number of ketones is 1. The van der Waals surface area contributed by atoms with E-state index in [2.05, 4.69) is 5.32 Å². The maximum atomic E-state index is 12.3. The van der Waals surface area contributed by atoms with Gasteiger partial charge in [-0.15, -0.1) is 0 Å². The molecule has 5 heteroatoms. The van der Waals surface area contributed by atoms with Gasteiger partial charge in [0.2, 0.25) is 0 Å². The normalized spacial score (nSPS) is 16.4. The number of rotatable bonds is 6. The molecule has 1 aliphatic heterocycles. The maximum absolute atomic E-state index is 12.3. The molecule has 0 radical (unpaired) electrons. The van der Waals surface area contributed by atoms with Crippen molar-refractivity contribution >= 4 is 17.4 Å². The van der Waals surface area contributed by atoms with Crippen LogP contribution >= 0.6 is 0 Å². The van der Waals surface area contributed by atoms with Crippen LogP contribution in [0, 0.1) is 0 Å². The number of hydrogen-bond acceptors (Lipinski definition) is 4. The third-order valence-corrected chi connectivity index (χ3v) is 4.10. The number of amides is 1. The molecule has 1 atom stereocenters. The minimum absolute atomic E-state index is 0.0381. The average Bonchev–Trinajstić information content (AvgIpc) is 3.14. The number of ether oxygens (including phenoxy) is 2. The van der Waals surface area contributed by atoms with Crippen LogP contribution in [-0.2, 0) is 4.74 Å². The van der Waals surface area contributed by atoms with Crippen LogP contribution in [-0.4, -0.2) is 31.0 Å². The highest BCUT2D eigenvalue weighted by molar-refractivity contribution is 6.05. The summed E-state index contributed by atoms with van der Waals surface area (Å²) in [5.41, 5.74) is 1.68. The Balaban J connectivity index is 1.58. The molecule has 0 aliphatic carbocycles.